The fourth-order valence-corrected chi connectivity index (χ4v) is 11.4. The average Bonchev–Trinajstić information content (AvgIpc) is 3.25. The molecule has 0 amide bonds. The SMILES string of the molecule is CC1CCc2cc3ccc2C1CC(S(=O)(=O)[O-])C1C=C2CC(CC4OC2c2ccc(O)cc2C#CCC4CO)C1c1ccc(cc1)C(CCCO)(N=C(N)N)O3.[Na+]. The van der Waals surface area contributed by atoms with Crippen LogP contribution >= 0.6 is 0 Å². The number of aliphatic imine (C=N–C) groups is 1. The number of ether oxygens (including phenoxy) is 2. The molecule has 10 bridgehead atoms. The number of benzene rings is 3. The summed E-state index contributed by atoms with van der Waals surface area (Å²) in [7, 11) is -4.87. The molecule has 5 aliphatic heterocycles. The maximum Gasteiger partial charge on any atom is 1.00 e. The number of phenols is 1. The number of nitrogens with two attached hydrogens (primary N) is 2. The minimum atomic E-state index is -4.87. The summed E-state index contributed by atoms with van der Waals surface area (Å²) >= 11 is 0. The van der Waals surface area contributed by atoms with E-state index in [9.17, 15) is 28.3 Å². The normalized spacial score (nSPS) is 31.3. The van der Waals surface area contributed by atoms with E-state index >= 15 is 0 Å². The van der Waals surface area contributed by atoms with E-state index in [2.05, 4.69) is 23.8 Å². The van der Waals surface area contributed by atoms with Gasteiger partial charge in [-0.1, -0.05) is 61.2 Å². The van der Waals surface area contributed by atoms with E-state index in [-0.39, 0.29) is 91.0 Å². The van der Waals surface area contributed by atoms with Crippen molar-refractivity contribution in [2.45, 2.75) is 93.3 Å². The summed E-state index contributed by atoms with van der Waals surface area (Å²) in [5.41, 5.74) is 16.5. The maximum atomic E-state index is 13.9. The Hall–Kier alpha value is -3.38. The minimum absolute atomic E-state index is 0. The van der Waals surface area contributed by atoms with E-state index in [1.165, 1.54) is 0 Å². The molecule has 57 heavy (non-hydrogen) atoms. The molecular weight excluding hydrogens is 754 g/mol. The van der Waals surface area contributed by atoms with Crippen molar-refractivity contribution in [3.63, 3.8) is 0 Å². The molecule has 10 atom stereocenters. The molecule has 3 aromatic carbocycles. The predicted molar refractivity (Wildman–Crippen MR) is 210 cm³/mol. The van der Waals surface area contributed by atoms with Crippen molar-refractivity contribution in [1.29, 1.82) is 0 Å². The van der Waals surface area contributed by atoms with Gasteiger partial charge in [0.05, 0.1) is 21.5 Å². The van der Waals surface area contributed by atoms with E-state index in [0.717, 1.165) is 40.7 Å². The second-order valence-corrected chi connectivity index (χ2v) is 18.0. The van der Waals surface area contributed by atoms with Crippen LogP contribution in [-0.4, -0.2) is 58.8 Å². The smallest absolute Gasteiger partial charge is 0.748 e. The number of aliphatic hydroxyl groups excluding tert-OH is 2. The largest absolute Gasteiger partial charge is 1.00 e. The van der Waals surface area contributed by atoms with Crippen molar-refractivity contribution in [2.24, 2.45) is 40.1 Å². The molecule has 10 rings (SSSR count). The zero-order valence-corrected chi connectivity index (χ0v) is 35.3. The third kappa shape index (κ3) is 8.15. The number of aromatic hydroxyl groups is 1. The summed E-state index contributed by atoms with van der Waals surface area (Å²) in [6.45, 7) is 1.87. The number of aryl methyl sites for hydroxylation is 1. The van der Waals surface area contributed by atoms with Crippen LogP contribution in [0.15, 0.2) is 77.3 Å². The summed E-state index contributed by atoms with van der Waals surface area (Å²) in [5.74, 6) is 5.17. The van der Waals surface area contributed by atoms with E-state index in [0.29, 0.717) is 42.6 Å². The number of aliphatic hydroxyl groups is 2. The number of phenolic OH excluding ortho intramolecular Hbond substituents is 1. The Morgan fingerprint density at radius 1 is 1.05 bits per heavy atom. The fraction of sp³-hybridized carbons (Fsp3) is 0.477. The van der Waals surface area contributed by atoms with E-state index in [1.54, 1.807) is 18.2 Å². The van der Waals surface area contributed by atoms with Crippen molar-refractivity contribution >= 4 is 16.1 Å². The number of rotatable bonds is 6. The van der Waals surface area contributed by atoms with Crippen LogP contribution in [0.4, 0.5) is 0 Å². The molecule has 7 N–H and O–H groups in total. The molecule has 0 aromatic heterocycles. The topological polar surface area (TPSA) is 201 Å². The van der Waals surface area contributed by atoms with Crippen LogP contribution in [0.3, 0.4) is 0 Å². The molecular formula is C44H50N3NaO8S. The molecule has 11 nitrogen and oxygen atoms in total. The molecule has 296 valence electrons. The van der Waals surface area contributed by atoms with E-state index in [4.69, 9.17) is 20.9 Å². The number of nitrogens with zero attached hydrogens (tertiary/aromatic N) is 1. The van der Waals surface area contributed by atoms with Gasteiger partial charge >= 0.3 is 29.6 Å². The second-order valence-electron chi connectivity index (χ2n) is 16.4. The quantitative estimate of drug-likeness (QED) is 0.0615. The van der Waals surface area contributed by atoms with Crippen molar-refractivity contribution in [1.82, 2.24) is 0 Å². The van der Waals surface area contributed by atoms with Gasteiger partial charge in [-0.3, -0.25) is 0 Å². The van der Waals surface area contributed by atoms with Crippen LogP contribution in [0, 0.1) is 35.5 Å². The molecule has 1 saturated heterocycles. The Balaban J connectivity index is 0.00000496. The Morgan fingerprint density at radius 3 is 2.54 bits per heavy atom. The van der Waals surface area contributed by atoms with E-state index in [1.807, 2.05) is 48.5 Å². The Bertz CT molecular complexity index is 2220. The van der Waals surface area contributed by atoms with Crippen molar-refractivity contribution in [3.05, 3.63) is 106 Å². The number of hydrogen-bond donors (Lipinski definition) is 5. The van der Waals surface area contributed by atoms with Gasteiger partial charge in [-0.2, -0.15) is 0 Å². The first-order valence-electron chi connectivity index (χ1n) is 19.7. The third-order valence-corrected chi connectivity index (χ3v) is 14.3. The monoisotopic (exact) mass is 803 g/mol. The van der Waals surface area contributed by atoms with Gasteiger partial charge in [0.25, 0.3) is 0 Å². The van der Waals surface area contributed by atoms with Crippen LogP contribution in [0.5, 0.6) is 11.5 Å². The summed E-state index contributed by atoms with van der Waals surface area (Å²) in [6, 6.07) is 18.6. The molecule has 13 heteroatoms. The number of fused-ring (bicyclic) bond motifs is 9. The fourth-order valence-electron chi connectivity index (χ4n) is 10.4. The van der Waals surface area contributed by atoms with Gasteiger partial charge in [-0.15, -0.1) is 0 Å². The van der Waals surface area contributed by atoms with Crippen LogP contribution in [0.25, 0.3) is 0 Å². The van der Waals surface area contributed by atoms with E-state index < -0.39 is 45.1 Å². The molecule has 1 fully saturated rings. The van der Waals surface area contributed by atoms with Gasteiger partial charge in [0.2, 0.25) is 5.72 Å². The first-order chi connectivity index (χ1) is 26.9. The molecule has 0 radical (unpaired) electrons. The minimum Gasteiger partial charge on any atom is -0.748 e. The summed E-state index contributed by atoms with van der Waals surface area (Å²) in [6.07, 6.45) is 4.75. The maximum absolute atomic E-state index is 13.9. The van der Waals surface area contributed by atoms with Gasteiger partial charge in [-0.05, 0) is 115 Å². The van der Waals surface area contributed by atoms with Crippen molar-refractivity contribution < 1.29 is 67.3 Å². The van der Waals surface area contributed by atoms with Crippen LogP contribution in [0.1, 0.15) is 103 Å². The molecule has 10 unspecified atom stereocenters. The van der Waals surface area contributed by atoms with Gasteiger partial charge in [0, 0.05) is 48.7 Å². The van der Waals surface area contributed by atoms with Crippen LogP contribution in [-0.2, 0) is 27.0 Å². The Morgan fingerprint density at radius 2 is 1.82 bits per heavy atom. The standard InChI is InChI=1S/C44H51N3O8S.Na/c1-25-6-7-28-20-34-13-15-35(28)37(25)23-40(56(51,52)53)38-21-31-18-30(22-39-29(24-49)5-2-4-27-19-33(50)12-14-36(27)42(31)54-39)41(38)26-8-10-32(11-9-26)44(55-34,16-3-17-48)47-43(45)46;/h8-15,19-21,25,29-30,37-42,48-50H,3,5-7,16-18,22-24H2,1H3,(H4,45,46,47)(H,51,52,53);/q;+1/p-1. The van der Waals surface area contributed by atoms with Gasteiger partial charge < -0.3 is 40.8 Å². The Labute approximate surface area is 357 Å². The number of allylic oxidation sites excluding steroid dienone is 1. The molecule has 5 heterocycles. The van der Waals surface area contributed by atoms with Crippen molar-refractivity contribution in [3.8, 4) is 23.3 Å². The van der Waals surface area contributed by atoms with Gasteiger partial charge in [0.15, 0.2) is 5.96 Å². The molecule has 2 aliphatic carbocycles. The van der Waals surface area contributed by atoms with Gasteiger partial charge in [0.1, 0.15) is 17.6 Å². The molecule has 7 aliphatic rings. The average molecular weight is 804 g/mol. The molecule has 0 saturated carbocycles. The molecule has 3 aromatic rings. The number of guanidine groups is 1. The Kier molecular flexibility index (Phi) is 12.2. The van der Waals surface area contributed by atoms with Gasteiger partial charge in [-0.25, -0.2) is 13.4 Å². The van der Waals surface area contributed by atoms with Crippen LogP contribution in [0.2, 0.25) is 0 Å². The summed E-state index contributed by atoms with van der Waals surface area (Å²) in [5, 5.41) is 29.8. The predicted octanol–water partition coefficient (Wildman–Crippen LogP) is 2.20. The second kappa shape index (κ2) is 16.7. The number of hydrogen-bond acceptors (Lipinski definition) is 9. The third-order valence-electron chi connectivity index (χ3n) is 13.0. The first kappa shape index (κ1) is 41.8. The molecule has 0 spiro atoms. The zero-order chi connectivity index (χ0) is 39.4. The summed E-state index contributed by atoms with van der Waals surface area (Å²) < 4.78 is 55.3. The zero-order valence-electron chi connectivity index (χ0n) is 32.5. The first-order valence-corrected chi connectivity index (χ1v) is 21.2. The summed E-state index contributed by atoms with van der Waals surface area (Å²) in [4.78, 5) is 4.67. The van der Waals surface area contributed by atoms with Crippen molar-refractivity contribution in [2.75, 3.05) is 13.2 Å². The van der Waals surface area contributed by atoms with Crippen LogP contribution < -0.4 is 45.8 Å².